The molecule has 0 rings (SSSR count). The Morgan fingerprint density at radius 1 is 1.50 bits per heavy atom. The number of nitrogens with one attached hydrogen (secondary N) is 1. The maximum Gasteiger partial charge on any atom is 0.220 e. The van der Waals surface area contributed by atoms with Gasteiger partial charge in [-0.25, -0.2) is 0 Å². The lowest BCUT2D eigenvalue weighted by Gasteiger charge is -2.21. The molecule has 0 spiro atoms. The van der Waals surface area contributed by atoms with Crippen LogP contribution >= 0.6 is 0 Å². The molecular formula is C9H19NO2. The van der Waals surface area contributed by atoms with Crippen molar-refractivity contribution in [1.29, 1.82) is 0 Å². The van der Waals surface area contributed by atoms with Crippen molar-refractivity contribution in [2.75, 3.05) is 6.54 Å². The van der Waals surface area contributed by atoms with Gasteiger partial charge in [0.15, 0.2) is 0 Å². The van der Waals surface area contributed by atoms with E-state index in [-0.39, 0.29) is 5.91 Å². The zero-order valence-electron chi connectivity index (χ0n) is 8.18. The van der Waals surface area contributed by atoms with Crippen LogP contribution < -0.4 is 5.32 Å². The van der Waals surface area contributed by atoms with Gasteiger partial charge >= 0.3 is 0 Å². The summed E-state index contributed by atoms with van der Waals surface area (Å²) >= 11 is 0. The van der Waals surface area contributed by atoms with Crippen LogP contribution in [0.5, 0.6) is 0 Å². The second-order valence-corrected chi connectivity index (χ2v) is 3.38. The summed E-state index contributed by atoms with van der Waals surface area (Å²) in [6.07, 6.45) is 2.04. The number of hydrogen-bond acceptors (Lipinski definition) is 2. The first kappa shape index (κ1) is 11.4. The van der Waals surface area contributed by atoms with Crippen LogP contribution in [0, 0.1) is 0 Å². The Morgan fingerprint density at radius 3 is 2.50 bits per heavy atom. The first-order valence-corrected chi connectivity index (χ1v) is 4.51. The van der Waals surface area contributed by atoms with E-state index < -0.39 is 5.60 Å². The summed E-state index contributed by atoms with van der Waals surface area (Å²) in [7, 11) is 0. The molecule has 0 saturated heterocycles. The van der Waals surface area contributed by atoms with Crippen LogP contribution in [0.1, 0.15) is 40.0 Å². The van der Waals surface area contributed by atoms with Gasteiger partial charge in [-0.05, 0) is 19.8 Å². The van der Waals surface area contributed by atoms with Crippen molar-refractivity contribution < 1.29 is 9.90 Å². The van der Waals surface area contributed by atoms with Gasteiger partial charge in [-0.1, -0.05) is 13.8 Å². The third-order valence-corrected chi connectivity index (χ3v) is 1.91. The van der Waals surface area contributed by atoms with Gasteiger partial charge in [0.25, 0.3) is 0 Å². The second kappa shape index (κ2) is 5.14. The van der Waals surface area contributed by atoms with Crippen LogP contribution in [0.15, 0.2) is 0 Å². The number of hydrogen-bond donors (Lipinski definition) is 2. The van der Waals surface area contributed by atoms with Crippen molar-refractivity contribution in [2.24, 2.45) is 0 Å². The van der Waals surface area contributed by atoms with Crippen LogP contribution in [-0.2, 0) is 4.79 Å². The molecule has 0 aliphatic rings. The molecule has 0 bridgehead atoms. The first-order valence-electron chi connectivity index (χ1n) is 4.51. The van der Waals surface area contributed by atoms with Gasteiger partial charge in [0, 0.05) is 13.0 Å². The van der Waals surface area contributed by atoms with Crippen molar-refractivity contribution >= 4 is 5.91 Å². The summed E-state index contributed by atoms with van der Waals surface area (Å²) in [4.78, 5) is 11.0. The van der Waals surface area contributed by atoms with E-state index in [0.29, 0.717) is 19.4 Å². The van der Waals surface area contributed by atoms with Gasteiger partial charge in [-0.2, -0.15) is 0 Å². The van der Waals surface area contributed by atoms with Gasteiger partial charge < -0.3 is 10.4 Å². The highest BCUT2D eigenvalue weighted by molar-refractivity contribution is 5.75. The third kappa shape index (κ3) is 5.13. The molecular weight excluding hydrogens is 154 g/mol. The van der Waals surface area contributed by atoms with Gasteiger partial charge in [0.2, 0.25) is 5.91 Å². The molecule has 0 heterocycles. The predicted molar refractivity (Wildman–Crippen MR) is 48.8 cm³/mol. The maximum absolute atomic E-state index is 11.0. The Labute approximate surface area is 74.2 Å². The van der Waals surface area contributed by atoms with Crippen LogP contribution in [0.3, 0.4) is 0 Å². The smallest absolute Gasteiger partial charge is 0.220 e. The summed E-state index contributed by atoms with van der Waals surface area (Å²) in [5, 5.41) is 12.2. The number of carbonyl (C=O) groups excluding carboxylic acids is 1. The molecule has 0 aromatic heterocycles. The molecule has 0 radical (unpaired) electrons. The highest BCUT2D eigenvalue weighted by atomic mass is 16.3. The Bertz CT molecular complexity index is 143. The fourth-order valence-corrected chi connectivity index (χ4v) is 0.729. The number of carbonyl (C=O) groups is 1. The van der Waals surface area contributed by atoms with E-state index in [1.54, 1.807) is 6.92 Å². The van der Waals surface area contributed by atoms with Crippen LogP contribution in [0.4, 0.5) is 0 Å². The van der Waals surface area contributed by atoms with Crippen LogP contribution in [0.25, 0.3) is 0 Å². The van der Waals surface area contributed by atoms with E-state index >= 15 is 0 Å². The van der Waals surface area contributed by atoms with E-state index in [2.05, 4.69) is 5.32 Å². The molecule has 2 N–H and O–H groups in total. The number of aliphatic hydroxyl groups is 1. The molecule has 0 saturated carbocycles. The zero-order chi connectivity index (χ0) is 9.61. The Balaban J connectivity index is 3.60. The molecule has 12 heavy (non-hydrogen) atoms. The minimum atomic E-state index is -0.761. The van der Waals surface area contributed by atoms with E-state index in [1.165, 1.54) is 0 Å². The fraction of sp³-hybridized carbons (Fsp3) is 0.889. The standard InChI is InChI=1S/C9H19NO2/c1-4-6-8(11)10-7-9(3,12)5-2/h12H,4-7H2,1-3H3,(H,10,11). The molecule has 1 unspecified atom stereocenters. The summed E-state index contributed by atoms with van der Waals surface area (Å²) < 4.78 is 0. The van der Waals surface area contributed by atoms with E-state index in [0.717, 1.165) is 6.42 Å². The van der Waals surface area contributed by atoms with Crippen molar-refractivity contribution in [3.8, 4) is 0 Å². The van der Waals surface area contributed by atoms with Crippen LogP contribution in [-0.4, -0.2) is 23.2 Å². The zero-order valence-corrected chi connectivity index (χ0v) is 8.18. The SMILES string of the molecule is CCCC(=O)NCC(C)(O)CC. The summed E-state index contributed by atoms with van der Waals surface area (Å²) in [5.41, 5.74) is -0.761. The lowest BCUT2D eigenvalue weighted by molar-refractivity contribution is -0.122. The van der Waals surface area contributed by atoms with Crippen molar-refractivity contribution in [3.63, 3.8) is 0 Å². The summed E-state index contributed by atoms with van der Waals surface area (Å²) in [5.74, 6) is 0.0197. The van der Waals surface area contributed by atoms with E-state index in [1.807, 2.05) is 13.8 Å². The van der Waals surface area contributed by atoms with Crippen LogP contribution in [0.2, 0.25) is 0 Å². The number of amides is 1. The summed E-state index contributed by atoms with van der Waals surface area (Å²) in [6, 6.07) is 0. The quantitative estimate of drug-likeness (QED) is 0.653. The molecule has 3 nitrogen and oxygen atoms in total. The number of rotatable bonds is 5. The molecule has 0 aliphatic heterocycles. The Hall–Kier alpha value is -0.570. The molecule has 1 amide bonds. The highest BCUT2D eigenvalue weighted by Crippen LogP contribution is 2.05. The molecule has 1 atom stereocenters. The van der Waals surface area contributed by atoms with Gasteiger partial charge in [0.1, 0.15) is 0 Å². The molecule has 72 valence electrons. The molecule has 3 heteroatoms. The molecule has 0 aromatic carbocycles. The lowest BCUT2D eigenvalue weighted by atomic mass is 10.0. The largest absolute Gasteiger partial charge is 0.388 e. The monoisotopic (exact) mass is 173 g/mol. The van der Waals surface area contributed by atoms with Gasteiger partial charge in [-0.15, -0.1) is 0 Å². The topological polar surface area (TPSA) is 49.3 Å². The molecule has 0 aromatic rings. The minimum Gasteiger partial charge on any atom is -0.388 e. The van der Waals surface area contributed by atoms with E-state index in [9.17, 15) is 9.90 Å². The first-order chi connectivity index (χ1) is 5.52. The average Bonchev–Trinajstić information content (AvgIpc) is 2.02. The minimum absolute atomic E-state index is 0.0197. The molecule has 0 fully saturated rings. The Kier molecular flexibility index (Phi) is 4.90. The lowest BCUT2D eigenvalue weighted by Crippen LogP contribution is -2.39. The Morgan fingerprint density at radius 2 is 2.08 bits per heavy atom. The predicted octanol–water partition coefficient (Wildman–Crippen LogP) is 1.06. The summed E-state index contributed by atoms with van der Waals surface area (Å²) in [6.45, 7) is 5.92. The van der Waals surface area contributed by atoms with Crippen molar-refractivity contribution in [2.45, 2.75) is 45.6 Å². The van der Waals surface area contributed by atoms with Crippen molar-refractivity contribution in [3.05, 3.63) is 0 Å². The third-order valence-electron chi connectivity index (χ3n) is 1.91. The maximum atomic E-state index is 11.0. The van der Waals surface area contributed by atoms with Crippen molar-refractivity contribution in [1.82, 2.24) is 5.32 Å². The highest BCUT2D eigenvalue weighted by Gasteiger charge is 2.17. The average molecular weight is 173 g/mol. The second-order valence-electron chi connectivity index (χ2n) is 3.38. The van der Waals surface area contributed by atoms with E-state index in [4.69, 9.17) is 0 Å². The normalized spacial score (nSPS) is 15.3. The fourth-order valence-electron chi connectivity index (χ4n) is 0.729. The van der Waals surface area contributed by atoms with Gasteiger partial charge in [-0.3, -0.25) is 4.79 Å². The molecule has 0 aliphatic carbocycles. The van der Waals surface area contributed by atoms with Gasteiger partial charge in [0.05, 0.1) is 5.60 Å².